The summed E-state index contributed by atoms with van der Waals surface area (Å²) in [5.41, 5.74) is 4.56. The van der Waals surface area contributed by atoms with Gasteiger partial charge in [0.1, 0.15) is 17.1 Å². The number of fused-ring (bicyclic) bond motifs is 1. The zero-order chi connectivity index (χ0) is 32.2. The molecule has 2 aromatic rings. The number of hydrogen-bond acceptors (Lipinski definition) is 13. The zero-order valence-electron chi connectivity index (χ0n) is 23.9. The number of thioether (sulfide) groups is 1. The number of carboxylic acid groups (broad SMARTS) is 2. The molecule has 17 nitrogen and oxygen atoms in total. The van der Waals surface area contributed by atoms with Gasteiger partial charge in [0, 0.05) is 53.8 Å². The third-order valence-corrected chi connectivity index (χ3v) is 8.28. The van der Waals surface area contributed by atoms with Gasteiger partial charge in [-0.15, -0.1) is 11.8 Å². The number of nitrogens with zero attached hydrogens (tertiary/aromatic N) is 5. The normalized spacial score (nSPS) is 18.2. The van der Waals surface area contributed by atoms with Gasteiger partial charge in [-0.05, 0) is 20.8 Å². The van der Waals surface area contributed by atoms with Crippen molar-refractivity contribution in [2.75, 3.05) is 29.9 Å². The minimum absolute atomic E-state index is 0.0192. The number of oxime groups is 1. The molecule has 1 saturated heterocycles. The number of carbonyl (C=O) groups excluding carboxylic acids is 2. The number of rotatable bonds is 13. The molecule has 0 radical (unpaired) electrons. The minimum Gasteiger partial charge on any atom is -0.478 e. The lowest BCUT2D eigenvalue weighted by Gasteiger charge is -2.49. The maximum absolute atomic E-state index is 13.2. The van der Waals surface area contributed by atoms with Crippen molar-refractivity contribution >= 4 is 69.4 Å². The first-order valence-corrected chi connectivity index (χ1v) is 14.9. The van der Waals surface area contributed by atoms with Gasteiger partial charge < -0.3 is 36.7 Å². The van der Waals surface area contributed by atoms with Crippen LogP contribution in [0.15, 0.2) is 41.0 Å². The lowest BCUT2D eigenvalue weighted by atomic mass is 10.0. The Morgan fingerprint density at radius 1 is 1.27 bits per heavy atom. The number of pyridine rings is 1. The second-order valence-electron chi connectivity index (χ2n) is 10.2. The standard InChI is InChI=1S/C25H30N10O7S2/c1-12(26)28-6-7-29-14-4-8-34(9-5-14)10-13-11-43-21-16(20(37)35(21)17(13)22(38)39)30-19(36)15(18-31-24(27)44-33-18)32-42-25(2,3)23(40)41/h4-5,8-9,16,21H,6-7,10-11H2,1-3H3,(H7,26,27,28,30,31,33,36,38,39,40,41)/p+1/b32-15-/t16-,21-/m1/s1. The number of carbonyl (C=O) groups is 4. The second-order valence-corrected chi connectivity index (χ2v) is 12.0. The van der Waals surface area contributed by atoms with E-state index in [1.165, 1.54) is 25.6 Å². The Kier molecular flexibility index (Phi) is 9.68. The molecule has 2 amide bonds. The monoisotopic (exact) mass is 647 g/mol. The van der Waals surface area contributed by atoms with Crippen molar-refractivity contribution in [3.05, 3.63) is 41.6 Å². The van der Waals surface area contributed by atoms with Gasteiger partial charge in [-0.1, -0.05) is 5.16 Å². The Hall–Kier alpha value is -4.78. The largest absolute Gasteiger partial charge is 0.478 e. The molecule has 4 rings (SSSR count). The van der Waals surface area contributed by atoms with E-state index in [0.29, 0.717) is 24.5 Å². The van der Waals surface area contributed by atoms with Crippen molar-refractivity contribution < 1.29 is 38.8 Å². The highest BCUT2D eigenvalue weighted by atomic mass is 32.2. The van der Waals surface area contributed by atoms with E-state index in [1.54, 1.807) is 23.9 Å². The van der Waals surface area contributed by atoms with Gasteiger partial charge in [0.05, 0.1) is 5.84 Å². The van der Waals surface area contributed by atoms with E-state index in [9.17, 15) is 29.4 Å². The zero-order valence-corrected chi connectivity index (χ0v) is 25.5. The van der Waals surface area contributed by atoms with Crippen LogP contribution in [0.1, 0.15) is 26.6 Å². The maximum Gasteiger partial charge on any atom is 0.352 e. The van der Waals surface area contributed by atoms with Gasteiger partial charge in [-0.2, -0.15) is 9.36 Å². The fraction of sp³-hybridized carbons (Fsp3) is 0.400. The number of nitrogens with one attached hydrogen (secondary N) is 4. The molecule has 2 aliphatic rings. The summed E-state index contributed by atoms with van der Waals surface area (Å²) in [6.45, 7) is 5.53. The third kappa shape index (κ3) is 7.22. The molecule has 2 aromatic heterocycles. The molecule has 19 heteroatoms. The van der Waals surface area contributed by atoms with Crippen molar-refractivity contribution in [1.82, 2.24) is 24.9 Å². The second kappa shape index (κ2) is 13.2. The lowest BCUT2D eigenvalue weighted by molar-refractivity contribution is -0.688. The quantitative estimate of drug-likeness (QED) is 0.0360. The molecular weight excluding hydrogens is 616 g/mol. The van der Waals surface area contributed by atoms with Crippen LogP contribution in [0.25, 0.3) is 0 Å². The average Bonchev–Trinajstić information content (AvgIpc) is 3.39. The first-order chi connectivity index (χ1) is 20.8. The van der Waals surface area contributed by atoms with Crippen LogP contribution in [0, 0.1) is 5.41 Å². The van der Waals surface area contributed by atoms with Crippen LogP contribution in [-0.2, 0) is 30.6 Å². The highest BCUT2D eigenvalue weighted by Crippen LogP contribution is 2.40. The SMILES string of the molecule is CC(=N)NCCNc1cc[n+](CC2=C(C(=O)O)N3C(=O)[C@@H](NC(=O)/C(=N\OC(C)(C)C(=O)O)c4nsc(N)n4)[C@H]3SC2)cc1. The van der Waals surface area contributed by atoms with E-state index in [4.69, 9.17) is 16.0 Å². The van der Waals surface area contributed by atoms with Crippen LogP contribution in [-0.4, -0.2) is 95.6 Å². The van der Waals surface area contributed by atoms with Gasteiger partial charge in [-0.25, -0.2) is 14.2 Å². The van der Waals surface area contributed by atoms with Crippen LogP contribution in [0.5, 0.6) is 0 Å². The molecule has 0 aromatic carbocycles. The lowest BCUT2D eigenvalue weighted by Crippen LogP contribution is -2.71. The van der Waals surface area contributed by atoms with Crippen molar-refractivity contribution in [3.63, 3.8) is 0 Å². The summed E-state index contributed by atoms with van der Waals surface area (Å²) in [6.07, 6.45) is 3.57. The predicted molar refractivity (Wildman–Crippen MR) is 160 cm³/mol. The molecule has 2 atom stereocenters. The molecule has 0 aliphatic carbocycles. The fourth-order valence-electron chi connectivity index (χ4n) is 4.09. The van der Waals surface area contributed by atoms with Gasteiger partial charge in [0.15, 0.2) is 24.1 Å². The molecule has 44 heavy (non-hydrogen) atoms. The molecule has 1 fully saturated rings. The highest BCUT2D eigenvalue weighted by Gasteiger charge is 2.55. The number of aliphatic carboxylic acids is 2. The van der Waals surface area contributed by atoms with E-state index >= 15 is 0 Å². The van der Waals surface area contributed by atoms with Crippen LogP contribution in [0.4, 0.5) is 10.8 Å². The number of β-lactam (4-membered cyclic amide) rings is 1. The van der Waals surface area contributed by atoms with Crippen molar-refractivity contribution in [2.45, 2.75) is 44.3 Å². The summed E-state index contributed by atoms with van der Waals surface area (Å²) in [4.78, 5) is 60.3. The van der Waals surface area contributed by atoms with Gasteiger partial charge in [0.25, 0.3) is 11.8 Å². The van der Waals surface area contributed by atoms with Gasteiger partial charge in [-0.3, -0.25) is 19.9 Å². The summed E-state index contributed by atoms with van der Waals surface area (Å²) in [7, 11) is 0. The summed E-state index contributed by atoms with van der Waals surface area (Å²) in [5.74, 6) is -3.74. The van der Waals surface area contributed by atoms with Gasteiger partial charge in [0.2, 0.25) is 17.1 Å². The van der Waals surface area contributed by atoms with Crippen molar-refractivity contribution in [2.24, 2.45) is 5.16 Å². The minimum atomic E-state index is -1.79. The fourth-order valence-corrected chi connectivity index (χ4v) is 5.86. The molecule has 0 unspecified atom stereocenters. The Morgan fingerprint density at radius 2 is 1.98 bits per heavy atom. The first-order valence-electron chi connectivity index (χ1n) is 13.1. The van der Waals surface area contributed by atoms with E-state index in [0.717, 1.165) is 22.1 Å². The molecule has 234 valence electrons. The van der Waals surface area contributed by atoms with Crippen molar-refractivity contribution in [1.29, 1.82) is 5.41 Å². The number of carboxylic acids is 2. The number of nitrogen functional groups attached to an aromatic ring is 1. The molecule has 0 saturated carbocycles. The molecule has 8 N–H and O–H groups in total. The maximum atomic E-state index is 13.2. The summed E-state index contributed by atoms with van der Waals surface area (Å²) < 4.78 is 5.73. The van der Waals surface area contributed by atoms with E-state index in [2.05, 4.69) is 30.5 Å². The molecule has 0 spiro atoms. The average molecular weight is 648 g/mol. The van der Waals surface area contributed by atoms with E-state index < -0.39 is 46.5 Å². The Morgan fingerprint density at radius 3 is 2.57 bits per heavy atom. The van der Waals surface area contributed by atoms with Crippen LogP contribution >= 0.6 is 23.3 Å². The summed E-state index contributed by atoms with van der Waals surface area (Å²) in [5, 5.41) is 38.4. The Balaban J connectivity index is 1.46. The molecule has 2 aliphatic heterocycles. The number of anilines is 2. The highest BCUT2D eigenvalue weighted by molar-refractivity contribution is 8.00. The molecular formula is C25H31N10O7S2+. The number of amidine groups is 1. The summed E-state index contributed by atoms with van der Waals surface area (Å²) >= 11 is 2.06. The number of amides is 2. The number of hydrogen-bond donors (Lipinski definition) is 7. The van der Waals surface area contributed by atoms with Crippen LogP contribution in [0.2, 0.25) is 0 Å². The van der Waals surface area contributed by atoms with Crippen molar-refractivity contribution in [3.8, 4) is 0 Å². The molecule has 0 bridgehead atoms. The van der Waals surface area contributed by atoms with E-state index in [-0.39, 0.29) is 29.0 Å². The molecule has 4 heterocycles. The number of aromatic nitrogens is 3. The van der Waals surface area contributed by atoms with Gasteiger partial charge >= 0.3 is 11.9 Å². The Labute approximate surface area is 259 Å². The summed E-state index contributed by atoms with van der Waals surface area (Å²) in [6, 6.07) is 2.58. The van der Waals surface area contributed by atoms with Crippen LogP contribution in [0.3, 0.4) is 0 Å². The third-order valence-electron chi connectivity index (χ3n) is 6.39. The first kappa shape index (κ1) is 32.1. The topological polar surface area (TPSA) is 249 Å². The van der Waals surface area contributed by atoms with E-state index in [1.807, 2.05) is 12.1 Å². The Bertz CT molecular complexity index is 1540. The predicted octanol–water partition coefficient (Wildman–Crippen LogP) is -0.571. The number of nitrogens with two attached hydrogens (primary N) is 1. The van der Waals surface area contributed by atoms with Crippen LogP contribution < -0.4 is 26.3 Å². The smallest absolute Gasteiger partial charge is 0.352 e.